The Labute approximate surface area is 76.0 Å². The van der Waals surface area contributed by atoms with Crippen LogP contribution >= 0.6 is 15.9 Å². The van der Waals surface area contributed by atoms with Gasteiger partial charge >= 0.3 is 0 Å². The largest absolute Gasteiger partial charge is 0.249 e. The molecule has 0 unspecified atom stereocenters. The molecule has 0 fully saturated rings. The molecule has 0 bridgehead atoms. The molecule has 0 saturated carbocycles. The predicted molar refractivity (Wildman–Crippen MR) is 50.5 cm³/mol. The van der Waals surface area contributed by atoms with Crippen molar-refractivity contribution in [3.63, 3.8) is 0 Å². The van der Waals surface area contributed by atoms with Crippen molar-refractivity contribution in [1.82, 2.24) is 4.98 Å². The van der Waals surface area contributed by atoms with Crippen LogP contribution in [0.4, 0.5) is 0 Å². The average Bonchev–Trinajstić information content (AvgIpc) is 1.93. The van der Waals surface area contributed by atoms with Gasteiger partial charge in [0, 0.05) is 6.20 Å². The normalized spacial score (nSPS) is 10.5. The SMILES string of the molecule is CC(C)Cc1ccc(Br)nc1. The van der Waals surface area contributed by atoms with Gasteiger partial charge in [0.05, 0.1) is 0 Å². The molecular weight excluding hydrogens is 202 g/mol. The summed E-state index contributed by atoms with van der Waals surface area (Å²) in [5.74, 6) is 0.706. The highest BCUT2D eigenvalue weighted by molar-refractivity contribution is 9.10. The fraction of sp³-hybridized carbons (Fsp3) is 0.444. The summed E-state index contributed by atoms with van der Waals surface area (Å²) in [5, 5.41) is 0. The zero-order chi connectivity index (χ0) is 8.27. The maximum absolute atomic E-state index is 4.15. The molecule has 1 heterocycles. The van der Waals surface area contributed by atoms with E-state index in [0.29, 0.717) is 5.92 Å². The van der Waals surface area contributed by atoms with Gasteiger partial charge in [-0.05, 0) is 39.9 Å². The maximum atomic E-state index is 4.15. The second-order valence-electron chi connectivity index (χ2n) is 3.09. The van der Waals surface area contributed by atoms with Gasteiger partial charge in [0.1, 0.15) is 4.60 Å². The maximum Gasteiger partial charge on any atom is 0.106 e. The summed E-state index contributed by atoms with van der Waals surface area (Å²) in [6.45, 7) is 4.42. The van der Waals surface area contributed by atoms with E-state index in [1.165, 1.54) is 5.56 Å². The van der Waals surface area contributed by atoms with Crippen LogP contribution in [0.2, 0.25) is 0 Å². The van der Waals surface area contributed by atoms with Crippen LogP contribution in [0.1, 0.15) is 19.4 Å². The molecule has 0 aliphatic rings. The Morgan fingerprint density at radius 2 is 2.18 bits per heavy atom. The number of hydrogen-bond donors (Lipinski definition) is 0. The van der Waals surface area contributed by atoms with Crippen molar-refractivity contribution in [3.05, 3.63) is 28.5 Å². The quantitative estimate of drug-likeness (QED) is 0.689. The molecule has 0 radical (unpaired) electrons. The van der Waals surface area contributed by atoms with Crippen molar-refractivity contribution in [3.8, 4) is 0 Å². The van der Waals surface area contributed by atoms with Crippen molar-refractivity contribution >= 4 is 15.9 Å². The standard InChI is InChI=1S/C9H12BrN/c1-7(2)5-8-3-4-9(10)11-6-8/h3-4,6-7H,5H2,1-2H3. The minimum atomic E-state index is 0.706. The molecule has 1 rings (SSSR count). The summed E-state index contributed by atoms with van der Waals surface area (Å²) < 4.78 is 0.907. The van der Waals surface area contributed by atoms with E-state index < -0.39 is 0 Å². The molecule has 0 atom stereocenters. The third-order valence-corrected chi connectivity index (χ3v) is 1.90. The van der Waals surface area contributed by atoms with Crippen molar-refractivity contribution in [2.24, 2.45) is 5.92 Å². The monoisotopic (exact) mass is 213 g/mol. The minimum Gasteiger partial charge on any atom is -0.249 e. The van der Waals surface area contributed by atoms with Crippen LogP contribution < -0.4 is 0 Å². The van der Waals surface area contributed by atoms with Gasteiger partial charge < -0.3 is 0 Å². The van der Waals surface area contributed by atoms with Gasteiger partial charge in [0.15, 0.2) is 0 Å². The molecule has 0 saturated heterocycles. The van der Waals surface area contributed by atoms with E-state index in [4.69, 9.17) is 0 Å². The lowest BCUT2D eigenvalue weighted by atomic mass is 10.1. The molecule has 1 aromatic heterocycles. The van der Waals surface area contributed by atoms with Gasteiger partial charge in [0.25, 0.3) is 0 Å². The number of halogens is 1. The van der Waals surface area contributed by atoms with Crippen LogP contribution in [0.5, 0.6) is 0 Å². The molecule has 60 valence electrons. The molecule has 0 N–H and O–H groups in total. The second-order valence-corrected chi connectivity index (χ2v) is 3.90. The van der Waals surface area contributed by atoms with E-state index in [0.717, 1.165) is 11.0 Å². The molecule has 11 heavy (non-hydrogen) atoms. The number of hydrogen-bond acceptors (Lipinski definition) is 1. The van der Waals surface area contributed by atoms with Crippen LogP contribution in [0.15, 0.2) is 22.9 Å². The first kappa shape index (κ1) is 8.72. The van der Waals surface area contributed by atoms with Crippen molar-refractivity contribution in [1.29, 1.82) is 0 Å². The lowest BCUT2D eigenvalue weighted by molar-refractivity contribution is 0.645. The van der Waals surface area contributed by atoms with E-state index in [2.05, 4.69) is 40.8 Å². The average molecular weight is 214 g/mol. The molecule has 0 aromatic carbocycles. The Hall–Kier alpha value is -0.370. The molecule has 1 aromatic rings. The van der Waals surface area contributed by atoms with E-state index in [-0.39, 0.29) is 0 Å². The van der Waals surface area contributed by atoms with Crippen LogP contribution in [0.3, 0.4) is 0 Å². The summed E-state index contributed by atoms with van der Waals surface area (Å²) in [6, 6.07) is 4.09. The van der Waals surface area contributed by atoms with Gasteiger partial charge in [-0.25, -0.2) is 4.98 Å². The molecule has 0 aliphatic carbocycles. The summed E-state index contributed by atoms with van der Waals surface area (Å²) >= 11 is 3.30. The van der Waals surface area contributed by atoms with Gasteiger partial charge in [-0.1, -0.05) is 19.9 Å². The number of aromatic nitrogens is 1. The molecule has 0 amide bonds. The molecule has 1 nitrogen and oxygen atoms in total. The van der Waals surface area contributed by atoms with Gasteiger partial charge in [-0.15, -0.1) is 0 Å². The highest BCUT2D eigenvalue weighted by Gasteiger charge is 1.96. The lowest BCUT2D eigenvalue weighted by Crippen LogP contribution is -1.94. The zero-order valence-electron chi connectivity index (χ0n) is 6.84. The summed E-state index contributed by atoms with van der Waals surface area (Å²) in [6.07, 6.45) is 3.03. The van der Waals surface area contributed by atoms with Crippen molar-refractivity contribution in [2.75, 3.05) is 0 Å². The van der Waals surface area contributed by atoms with Crippen LogP contribution in [-0.2, 0) is 6.42 Å². The fourth-order valence-corrected chi connectivity index (χ4v) is 1.23. The first-order valence-corrected chi connectivity index (χ1v) is 4.58. The Balaban J connectivity index is 2.66. The Kier molecular flexibility index (Phi) is 3.06. The summed E-state index contributed by atoms with van der Waals surface area (Å²) in [4.78, 5) is 4.15. The van der Waals surface area contributed by atoms with E-state index >= 15 is 0 Å². The third-order valence-electron chi connectivity index (χ3n) is 1.43. The van der Waals surface area contributed by atoms with Gasteiger partial charge in [0.2, 0.25) is 0 Å². The summed E-state index contributed by atoms with van der Waals surface area (Å²) in [7, 11) is 0. The van der Waals surface area contributed by atoms with E-state index in [1.807, 2.05) is 12.3 Å². The van der Waals surface area contributed by atoms with Crippen LogP contribution in [-0.4, -0.2) is 4.98 Å². The number of rotatable bonds is 2. The van der Waals surface area contributed by atoms with E-state index in [1.54, 1.807) is 0 Å². The van der Waals surface area contributed by atoms with Crippen LogP contribution in [0.25, 0.3) is 0 Å². The van der Waals surface area contributed by atoms with E-state index in [9.17, 15) is 0 Å². The fourth-order valence-electron chi connectivity index (χ4n) is 0.999. The lowest BCUT2D eigenvalue weighted by Gasteiger charge is -2.02. The minimum absolute atomic E-state index is 0.706. The van der Waals surface area contributed by atoms with Gasteiger partial charge in [-0.3, -0.25) is 0 Å². The zero-order valence-corrected chi connectivity index (χ0v) is 8.43. The Morgan fingerprint density at radius 1 is 1.45 bits per heavy atom. The molecular formula is C9H12BrN. The second kappa shape index (κ2) is 3.86. The smallest absolute Gasteiger partial charge is 0.106 e. The predicted octanol–water partition coefficient (Wildman–Crippen LogP) is 3.04. The van der Waals surface area contributed by atoms with Crippen LogP contribution in [0, 0.1) is 5.92 Å². The summed E-state index contributed by atoms with van der Waals surface area (Å²) in [5.41, 5.74) is 1.31. The highest BCUT2D eigenvalue weighted by atomic mass is 79.9. The first-order valence-electron chi connectivity index (χ1n) is 3.79. The molecule has 2 heteroatoms. The van der Waals surface area contributed by atoms with Gasteiger partial charge in [-0.2, -0.15) is 0 Å². The van der Waals surface area contributed by atoms with Crippen molar-refractivity contribution in [2.45, 2.75) is 20.3 Å². The third kappa shape index (κ3) is 3.02. The first-order chi connectivity index (χ1) is 5.18. The molecule has 0 spiro atoms. The van der Waals surface area contributed by atoms with Crippen molar-refractivity contribution < 1.29 is 0 Å². The Morgan fingerprint density at radius 3 is 2.64 bits per heavy atom. The topological polar surface area (TPSA) is 12.9 Å². The number of pyridine rings is 1. The number of nitrogens with zero attached hydrogens (tertiary/aromatic N) is 1. The Bertz CT molecular complexity index is 216. The molecule has 0 aliphatic heterocycles. The highest BCUT2D eigenvalue weighted by Crippen LogP contribution is 2.09.